The molecule has 2 aromatic rings. The Morgan fingerprint density at radius 1 is 1.30 bits per heavy atom. The van der Waals surface area contributed by atoms with Crippen molar-refractivity contribution in [3.8, 4) is 5.75 Å². The Morgan fingerprint density at radius 2 is 2.05 bits per heavy atom. The van der Waals surface area contributed by atoms with Crippen molar-refractivity contribution in [3.63, 3.8) is 0 Å². The predicted molar refractivity (Wildman–Crippen MR) is 76.1 cm³/mol. The molecule has 0 spiro atoms. The van der Waals surface area contributed by atoms with E-state index in [-0.39, 0.29) is 22.8 Å². The molecule has 0 fully saturated rings. The average Bonchev–Trinajstić information content (AvgIpc) is 2.48. The molecule has 2 rings (SSSR count). The van der Waals surface area contributed by atoms with E-state index in [4.69, 9.17) is 4.74 Å². The Bertz CT molecular complexity index is 635. The maximum atomic E-state index is 11.9. The van der Waals surface area contributed by atoms with E-state index in [0.29, 0.717) is 6.54 Å². The molecular formula is C15H16N2O3. The maximum Gasteiger partial charge on any atom is 0.267 e. The Hall–Kier alpha value is -2.56. The van der Waals surface area contributed by atoms with Gasteiger partial charge in [-0.2, -0.15) is 0 Å². The van der Waals surface area contributed by atoms with Gasteiger partial charge in [0.25, 0.3) is 5.91 Å². The van der Waals surface area contributed by atoms with Crippen molar-refractivity contribution >= 4 is 5.91 Å². The van der Waals surface area contributed by atoms with Gasteiger partial charge in [0.1, 0.15) is 5.69 Å². The number of pyridine rings is 1. The highest BCUT2D eigenvalue weighted by atomic mass is 16.5. The highest BCUT2D eigenvalue weighted by molar-refractivity contribution is 5.92. The van der Waals surface area contributed by atoms with Crippen LogP contribution in [0.1, 0.15) is 16.1 Å². The number of aromatic amines is 1. The smallest absolute Gasteiger partial charge is 0.267 e. The van der Waals surface area contributed by atoms with Gasteiger partial charge >= 0.3 is 0 Å². The lowest BCUT2D eigenvalue weighted by Gasteiger charge is -2.06. The zero-order chi connectivity index (χ0) is 14.4. The molecule has 1 aromatic heterocycles. The highest BCUT2D eigenvalue weighted by Crippen LogP contribution is 2.01. The summed E-state index contributed by atoms with van der Waals surface area (Å²) in [5, 5.41) is 2.76. The molecule has 104 valence electrons. The van der Waals surface area contributed by atoms with Crippen LogP contribution in [0.4, 0.5) is 0 Å². The van der Waals surface area contributed by atoms with Crippen molar-refractivity contribution < 1.29 is 9.53 Å². The van der Waals surface area contributed by atoms with Gasteiger partial charge < -0.3 is 15.0 Å². The van der Waals surface area contributed by atoms with Crippen molar-refractivity contribution in [2.45, 2.75) is 6.42 Å². The molecule has 1 aromatic carbocycles. The molecule has 1 amide bonds. The summed E-state index contributed by atoms with van der Waals surface area (Å²) in [5.41, 5.74) is 1.05. The molecule has 20 heavy (non-hydrogen) atoms. The summed E-state index contributed by atoms with van der Waals surface area (Å²) in [6.45, 7) is 0.511. The van der Waals surface area contributed by atoms with Crippen LogP contribution in [0, 0.1) is 0 Å². The summed E-state index contributed by atoms with van der Waals surface area (Å²) < 4.78 is 4.84. The number of methoxy groups -OCH3 is 1. The maximum absolute atomic E-state index is 11.9. The molecule has 1 heterocycles. The summed E-state index contributed by atoms with van der Waals surface area (Å²) in [7, 11) is 1.41. The van der Waals surface area contributed by atoms with Crippen LogP contribution in [0.25, 0.3) is 0 Å². The lowest BCUT2D eigenvalue weighted by molar-refractivity contribution is 0.0949. The minimum atomic E-state index is -0.320. The fourth-order valence-corrected chi connectivity index (χ4v) is 1.81. The van der Waals surface area contributed by atoms with Crippen LogP contribution in [-0.2, 0) is 6.42 Å². The van der Waals surface area contributed by atoms with Crippen molar-refractivity contribution in [1.29, 1.82) is 0 Å². The van der Waals surface area contributed by atoms with Crippen LogP contribution >= 0.6 is 0 Å². The monoisotopic (exact) mass is 272 g/mol. The van der Waals surface area contributed by atoms with Gasteiger partial charge in [0.15, 0.2) is 5.75 Å². The van der Waals surface area contributed by atoms with Crippen molar-refractivity contribution in [2.24, 2.45) is 0 Å². The molecule has 0 atom stereocenters. The number of benzene rings is 1. The number of carbonyl (C=O) groups is 1. The zero-order valence-corrected chi connectivity index (χ0v) is 11.2. The molecule has 0 aliphatic heterocycles. The first-order valence-corrected chi connectivity index (χ1v) is 6.29. The molecule has 5 nitrogen and oxygen atoms in total. The van der Waals surface area contributed by atoms with E-state index in [1.807, 2.05) is 30.3 Å². The molecule has 0 aliphatic carbocycles. The normalized spacial score (nSPS) is 10.1. The number of aromatic nitrogens is 1. The van der Waals surface area contributed by atoms with Crippen LogP contribution < -0.4 is 15.5 Å². The topological polar surface area (TPSA) is 71.2 Å². The Kier molecular flexibility index (Phi) is 4.55. The second kappa shape index (κ2) is 6.56. The van der Waals surface area contributed by atoms with E-state index in [9.17, 15) is 9.59 Å². The van der Waals surface area contributed by atoms with Gasteiger partial charge in [-0.1, -0.05) is 30.3 Å². The second-order valence-electron chi connectivity index (χ2n) is 4.27. The van der Waals surface area contributed by atoms with Crippen LogP contribution in [0.15, 0.2) is 47.4 Å². The third kappa shape index (κ3) is 3.47. The van der Waals surface area contributed by atoms with E-state index < -0.39 is 0 Å². The third-order valence-corrected chi connectivity index (χ3v) is 2.88. The number of hydrogen-bond acceptors (Lipinski definition) is 3. The van der Waals surface area contributed by atoms with Crippen LogP contribution in [0.5, 0.6) is 5.75 Å². The Balaban J connectivity index is 1.92. The standard InChI is InChI=1S/C15H16N2O3/c1-20-14-10-17-12(9-13(14)18)15(19)16-8-7-11-5-3-2-4-6-11/h2-6,9-10H,7-8H2,1H3,(H,16,19)(H,17,18). The number of hydrogen-bond donors (Lipinski definition) is 2. The summed E-state index contributed by atoms with van der Waals surface area (Å²) in [4.78, 5) is 26.2. The van der Waals surface area contributed by atoms with Crippen molar-refractivity contribution in [2.75, 3.05) is 13.7 Å². The average molecular weight is 272 g/mol. The lowest BCUT2D eigenvalue weighted by atomic mass is 10.1. The number of rotatable bonds is 5. The van der Waals surface area contributed by atoms with Crippen LogP contribution in [0.3, 0.4) is 0 Å². The molecule has 0 radical (unpaired) electrons. The first kappa shape index (κ1) is 13.9. The first-order valence-electron chi connectivity index (χ1n) is 6.29. The predicted octanol–water partition coefficient (Wildman–Crippen LogP) is 1.36. The van der Waals surface area contributed by atoms with Crippen LogP contribution in [0.2, 0.25) is 0 Å². The SMILES string of the molecule is COc1c[nH]c(C(=O)NCCc2ccccc2)cc1=O. The molecule has 5 heteroatoms. The van der Waals surface area contributed by atoms with Gasteiger partial charge in [0.2, 0.25) is 5.43 Å². The molecule has 0 saturated carbocycles. The van der Waals surface area contributed by atoms with E-state index in [2.05, 4.69) is 10.3 Å². The molecule has 0 aliphatic rings. The molecule has 0 saturated heterocycles. The Labute approximate surface area is 116 Å². The van der Waals surface area contributed by atoms with Gasteiger partial charge in [-0.3, -0.25) is 9.59 Å². The summed E-state index contributed by atoms with van der Waals surface area (Å²) >= 11 is 0. The van der Waals surface area contributed by atoms with E-state index in [1.165, 1.54) is 19.4 Å². The van der Waals surface area contributed by atoms with E-state index >= 15 is 0 Å². The second-order valence-corrected chi connectivity index (χ2v) is 4.27. The molecule has 0 bridgehead atoms. The highest BCUT2D eigenvalue weighted by Gasteiger charge is 2.08. The largest absolute Gasteiger partial charge is 0.491 e. The zero-order valence-electron chi connectivity index (χ0n) is 11.2. The molecule has 0 unspecified atom stereocenters. The van der Waals surface area contributed by atoms with Crippen molar-refractivity contribution in [3.05, 3.63) is 64.1 Å². The summed E-state index contributed by atoms with van der Waals surface area (Å²) in [6.07, 6.45) is 2.13. The van der Waals surface area contributed by atoms with Gasteiger partial charge in [0, 0.05) is 18.8 Å². The van der Waals surface area contributed by atoms with E-state index in [1.54, 1.807) is 0 Å². The number of amides is 1. The first-order chi connectivity index (χ1) is 9.70. The molecular weight excluding hydrogens is 256 g/mol. The van der Waals surface area contributed by atoms with Gasteiger partial charge in [-0.15, -0.1) is 0 Å². The Morgan fingerprint density at radius 3 is 2.70 bits per heavy atom. The quantitative estimate of drug-likeness (QED) is 0.863. The minimum absolute atomic E-state index is 0.186. The van der Waals surface area contributed by atoms with E-state index in [0.717, 1.165) is 12.0 Å². The summed E-state index contributed by atoms with van der Waals surface area (Å²) in [5.74, 6) is -0.119. The fraction of sp³-hybridized carbons (Fsp3) is 0.200. The number of carbonyl (C=O) groups excluding carboxylic acids is 1. The van der Waals surface area contributed by atoms with Crippen LogP contribution in [-0.4, -0.2) is 24.5 Å². The number of nitrogens with one attached hydrogen (secondary N) is 2. The minimum Gasteiger partial charge on any atom is -0.491 e. The lowest BCUT2D eigenvalue weighted by Crippen LogP contribution is -2.27. The summed E-state index contributed by atoms with van der Waals surface area (Å²) in [6, 6.07) is 11.1. The molecule has 2 N–H and O–H groups in total. The van der Waals surface area contributed by atoms with Gasteiger partial charge in [-0.25, -0.2) is 0 Å². The number of H-pyrrole nitrogens is 1. The fourth-order valence-electron chi connectivity index (χ4n) is 1.81. The third-order valence-electron chi connectivity index (χ3n) is 2.88. The van der Waals surface area contributed by atoms with Gasteiger partial charge in [-0.05, 0) is 12.0 Å². The number of ether oxygens (including phenoxy) is 1. The van der Waals surface area contributed by atoms with Gasteiger partial charge in [0.05, 0.1) is 7.11 Å². The van der Waals surface area contributed by atoms with Crippen molar-refractivity contribution in [1.82, 2.24) is 10.3 Å².